The van der Waals surface area contributed by atoms with Crippen molar-refractivity contribution in [1.82, 2.24) is 0 Å². The molecule has 2 rings (SSSR count). The largest absolute Gasteiger partial charge is 0.377 e. The highest BCUT2D eigenvalue weighted by atomic mass is 79.9. The van der Waals surface area contributed by atoms with E-state index in [1.165, 1.54) is 5.56 Å². The standard InChI is InChI=1S/C11H13BrO/c12-7-11-6-10(8-13-11)9-4-2-1-3-5-9/h1-5,10-11H,6-8H2/t10-,11+/m1/s1. The van der Waals surface area contributed by atoms with E-state index < -0.39 is 0 Å². The van der Waals surface area contributed by atoms with Gasteiger partial charge in [-0.15, -0.1) is 0 Å². The van der Waals surface area contributed by atoms with Crippen molar-refractivity contribution in [2.75, 3.05) is 11.9 Å². The zero-order valence-electron chi connectivity index (χ0n) is 7.45. The Morgan fingerprint density at radius 3 is 2.69 bits per heavy atom. The van der Waals surface area contributed by atoms with Crippen LogP contribution in [0.3, 0.4) is 0 Å². The van der Waals surface area contributed by atoms with Crippen LogP contribution in [0.5, 0.6) is 0 Å². The van der Waals surface area contributed by atoms with E-state index >= 15 is 0 Å². The summed E-state index contributed by atoms with van der Waals surface area (Å²) in [6.45, 7) is 0.875. The molecule has 0 aromatic heterocycles. The summed E-state index contributed by atoms with van der Waals surface area (Å²) in [5.41, 5.74) is 1.41. The third kappa shape index (κ3) is 2.12. The summed E-state index contributed by atoms with van der Waals surface area (Å²) in [5, 5.41) is 0.955. The molecule has 0 bridgehead atoms. The van der Waals surface area contributed by atoms with Crippen molar-refractivity contribution in [3.63, 3.8) is 0 Å². The maximum Gasteiger partial charge on any atom is 0.0678 e. The summed E-state index contributed by atoms with van der Waals surface area (Å²) in [5.74, 6) is 0.601. The lowest BCUT2D eigenvalue weighted by atomic mass is 9.97. The first-order valence-electron chi connectivity index (χ1n) is 4.62. The van der Waals surface area contributed by atoms with Crippen LogP contribution in [0.1, 0.15) is 17.9 Å². The van der Waals surface area contributed by atoms with Gasteiger partial charge in [0.2, 0.25) is 0 Å². The van der Waals surface area contributed by atoms with Crippen LogP contribution in [0.15, 0.2) is 30.3 Å². The number of alkyl halides is 1. The first kappa shape index (κ1) is 9.22. The van der Waals surface area contributed by atoms with Crippen molar-refractivity contribution >= 4 is 15.9 Å². The minimum Gasteiger partial charge on any atom is -0.377 e. The van der Waals surface area contributed by atoms with E-state index in [0.29, 0.717) is 12.0 Å². The molecule has 70 valence electrons. The molecule has 0 radical (unpaired) electrons. The van der Waals surface area contributed by atoms with E-state index in [0.717, 1.165) is 18.4 Å². The van der Waals surface area contributed by atoms with Crippen molar-refractivity contribution in [3.8, 4) is 0 Å². The zero-order valence-corrected chi connectivity index (χ0v) is 9.03. The SMILES string of the molecule is BrC[C@@H]1C[C@@H](c2ccccc2)CO1. The maximum absolute atomic E-state index is 5.62. The Balaban J connectivity index is 2.04. The molecule has 0 N–H and O–H groups in total. The fourth-order valence-electron chi connectivity index (χ4n) is 1.77. The number of benzene rings is 1. The lowest BCUT2D eigenvalue weighted by molar-refractivity contribution is 0.127. The number of halogens is 1. The molecule has 2 heteroatoms. The third-order valence-electron chi connectivity index (χ3n) is 2.52. The van der Waals surface area contributed by atoms with Gasteiger partial charge in [0.25, 0.3) is 0 Å². The van der Waals surface area contributed by atoms with E-state index in [4.69, 9.17) is 4.74 Å². The highest BCUT2D eigenvalue weighted by molar-refractivity contribution is 9.09. The van der Waals surface area contributed by atoms with Gasteiger partial charge in [-0.05, 0) is 12.0 Å². The normalized spacial score (nSPS) is 27.8. The summed E-state index contributed by atoms with van der Waals surface area (Å²) < 4.78 is 5.62. The molecule has 1 aromatic carbocycles. The Bertz CT molecular complexity index is 260. The van der Waals surface area contributed by atoms with Gasteiger partial charge in [-0.1, -0.05) is 46.3 Å². The second kappa shape index (κ2) is 4.25. The second-order valence-electron chi connectivity index (χ2n) is 3.45. The quantitative estimate of drug-likeness (QED) is 0.723. The van der Waals surface area contributed by atoms with Gasteiger partial charge in [0.05, 0.1) is 12.7 Å². The van der Waals surface area contributed by atoms with Crippen molar-refractivity contribution in [2.24, 2.45) is 0 Å². The minimum atomic E-state index is 0.408. The molecule has 1 nitrogen and oxygen atoms in total. The van der Waals surface area contributed by atoms with E-state index in [9.17, 15) is 0 Å². The van der Waals surface area contributed by atoms with Crippen molar-refractivity contribution in [2.45, 2.75) is 18.4 Å². The molecular weight excluding hydrogens is 228 g/mol. The molecule has 1 heterocycles. The molecule has 0 saturated carbocycles. The zero-order chi connectivity index (χ0) is 9.10. The minimum absolute atomic E-state index is 0.408. The van der Waals surface area contributed by atoms with Gasteiger partial charge >= 0.3 is 0 Å². The average molecular weight is 241 g/mol. The van der Waals surface area contributed by atoms with Crippen LogP contribution in [-0.4, -0.2) is 18.0 Å². The van der Waals surface area contributed by atoms with E-state index in [-0.39, 0.29) is 0 Å². The molecule has 1 saturated heterocycles. The van der Waals surface area contributed by atoms with Gasteiger partial charge in [-0.25, -0.2) is 0 Å². The summed E-state index contributed by atoms with van der Waals surface area (Å²) in [6.07, 6.45) is 1.56. The summed E-state index contributed by atoms with van der Waals surface area (Å²) in [4.78, 5) is 0. The Labute approximate surface area is 87.2 Å². The van der Waals surface area contributed by atoms with Crippen LogP contribution >= 0.6 is 15.9 Å². The molecule has 1 fully saturated rings. The summed E-state index contributed by atoms with van der Waals surface area (Å²) >= 11 is 3.45. The molecule has 0 amide bonds. The molecule has 2 atom stereocenters. The van der Waals surface area contributed by atoms with Gasteiger partial charge in [0.1, 0.15) is 0 Å². The van der Waals surface area contributed by atoms with Gasteiger partial charge in [-0.3, -0.25) is 0 Å². The molecule has 1 aliphatic rings. The van der Waals surface area contributed by atoms with E-state index in [2.05, 4.69) is 46.3 Å². The fourth-order valence-corrected chi connectivity index (χ4v) is 2.22. The number of ether oxygens (including phenoxy) is 1. The van der Waals surface area contributed by atoms with Crippen LogP contribution < -0.4 is 0 Å². The fraction of sp³-hybridized carbons (Fsp3) is 0.455. The second-order valence-corrected chi connectivity index (χ2v) is 4.10. The van der Waals surface area contributed by atoms with Crippen LogP contribution in [0.4, 0.5) is 0 Å². The Morgan fingerprint density at radius 2 is 2.08 bits per heavy atom. The molecule has 13 heavy (non-hydrogen) atoms. The summed E-state index contributed by atoms with van der Waals surface area (Å²) in [7, 11) is 0. The van der Waals surface area contributed by atoms with E-state index in [1.807, 2.05) is 0 Å². The Hall–Kier alpha value is -0.340. The first-order valence-corrected chi connectivity index (χ1v) is 5.75. The number of hydrogen-bond acceptors (Lipinski definition) is 1. The molecule has 0 aliphatic carbocycles. The van der Waals surface area contributed by atoms with Crippen LogP contribution in [0.2, 0.25) is 0 Å². The number of rotatable bonds is 2. The molecule has 1 aliphatic heterocycles. The molecule has 0 unspecified atom stereocenters. The highest BCUT2D eigenvalue weighted by Gasteiger charge is 2.25. The monoisotopic (exact) mass is 240 g/mol. The average Bonchev–Trinajstić information content (AvgIpc) is 2.67. The van der Waals surface area contributed by atoms with Gasteiger partial charge in [0, 0.05) is 11.2 Å². The smallest absolute Gasteiger partial charge is 0.0678 e. The third-order valence-corrected chi connectivity index (χ3v) is 3.25. The summed E-state index contributed by atoms with van der Waals surface area (Å²) in [6, 6.07) is 10.6. The predicted molar refractivity (Wildman–Crippen MR) is 57.3 cm³/mol. The van der Waals surface area contributed by atoms with Crippen LogP contribution in [0.25, 0.3) is 0 Å². The van der Waals surface area contributed by atoms with Crippen molar-refractivity contribution in [1.29, 1.82) is 0 Å². The topological polar surface area (TPSA) is 9.23 Å². The van der Waals surface area contributed by atoms with Gasteiger partial charge in [-0.2, -0.15) is 0 Å². The van der Waals surface area contributed by atoms with Crippen molar-refractivity contribution < 1.29 is 4.74 Å². The predicted octanol–water partition coefficient (Wildman–Crippen LogP) is 2.95. The Kier molecular flexibility index (Phi) is 3.01. The lowest BCUT2D eigenvalue weighted by Gasteiger charge is -2.06. The van der Waals surface area contributed by atoms with Crippen molar-refractivity contribution in [3.05, 3.63) is 35.9 Å². The molecular formula is C11H13BrO. The van der Waals surface area contributed by atoms with Gasteiger partial charge in [0.15, 0.2) is 0 Å². The molecule has 0 spiro atoms. The van der Waals surface area contributed by atoms with E-state index in [1.54, 1.807) is 0 Å². The van der Waals surface area contributed by atoms with Crippen LogP contribution in [0, 0.1) is 0 Å². The highest BCUT2D eigenvalue weighted by Crippen LogP contribution is 2.29. The Morgan fingerprint density at radius 1 is 1.31 bits per heavy atom. The van der Waals surface area contributed by atoms with Crippen LogP contribution in [-0.2, 0) is 4.74 Å². The molecule has 1 aromatic rings. The first-order chi connectivity index (χ1) is 6.40. The van der Waals surface area contributed by atoms with Gasteiger partial charge < -0.3 is 4.74 Å². The maximum atomic E-state index is 5.62. The lowest BCUT2D eigenvalue weighted by Crippen LogP contribution is -2.05. The number of hydrogen-bond donors (Lipinski definition) is 0.